The van der Waals surface area contributed by atoms with E-state index in [9.17, 15) is 0 Å². The second-order valence-corrected chi connectivity index (χ2v) is 6.69. The molecule has 0 aromatic heterocycles. The molecule has 19 heavy (non-hydrogen) atoms. The monoisotopic (exact) mass is 256 g/mol. The Morgan fingerprint density at radius 1 is 1.21 bits per heavy atom. The van der Waals surface area contributed by atoms with E-state index >= 15 is 0 Å². The molecule has 102 valence electrons. The zero-order valence-corrected chi connectivity index (χ0v) is 11.6. The van der Waals surface area contributed by atoms with Crippen LogP contribution in [0.25, 0.3) is 0 Å². The van der Waals surface area contributed by atoms with E-state index in [-0.39, 0.29) is 0 Å². The van der Waals surface area contributed by atoms with Crippen molar-refractivity contribution in [2.75, 3.05) is 18.4 Å². The highest BCUT2D eigenvalue weighted by molar-refractivity contribution is 5.61. The first-order valence-electron chi connectivity index (χ1n) is 7.95. The maximum absolute atomic E-state index is 3.72. The van der Waals surface area contributed by atoms with Gasteiger partial charge in [-0.05, 0) is 61.1 Å². The standard InChI is InChI=1S/C17H24N2/c1-2-13-6-7-19-17(13)15(3-1)10-18-11-16-9-12-4-5-14(16)8-12/h1-3,12,14,16,18-19H,4-11H2. The molecule has 1 aromatic carbocycles. The van der Waals surface area contributed by atoms with Crippen LogP contribution in [0.1, 0.15) is 36.8 Å². The smallest absolute Gasteiger partial charge is 0.0419 e. The second kappa shape index (κ2) is 4.82. The van der Waals surface area contributed by atoms with Crippen molar-refractivity contribution in [1.82, 2.24) is 5.32 Å². The minimum absolute atomic E-state index is 0.962. The Morgan fingerprint density at radius 3 is 3.05 bits per heavy atom. The topological polar surface area (TPSA) is 24.1 Å². The van der Waals surface area contributed by atoms with Crippen molar-refractivity contribution in [3.63, 3.8) is 0 Å². The third kappa shape index (κ3) is 2.16. The lowest BCUT2D eigenvalue weighted by molar-refractivity contribution is 0.318. The zero-order valence-electron chi connectivity index (χ0n) is 11.6. The summed E-state index contributed by atoms with van der Waals surface area (Å²) in [4.78, 5) is 0. The zero-order chi connectivity index (χ0) is 12.7. The van der Waals surface area contributed by atoms with Gasteiger partial charge in [-0.3, -0.25) is 0 Å². The third-order valence-corrected chi connectivity index (χ3v) is 5.54. The molecule has 2 fully saturated rings. The van der Waals surface area contributed by atoms with Gasteiger partial charge in [-0.25, -0.2) is 0 Å². The van der Waals surface area contributed by atoms with E-state index in [1.807, 2.05) is 0 Å². The minimum Gasteiger partial charge on any atom is -0.384 e. The van der Waals surface area contributed by atoms with Crippen LogP contribution in [-0.4, -0.2) is 13.1 Å². The molecule has 3 unspecified atom stereocenters. The molecule has 2 bridgehead atoms. The molecule has 2 saturated carbocycles. The van der Waals surface area contributed by atoms with Crippen LogP contribution in [0.3, 0.4) is 0 Å². The number of nitrogens with one attached hydrogen (secondary N) is 2. The molecule has 2 aliphatic carbocycles. The Bertz CT molecular complexity index is 468. The molecule has 0 amide bonds. The normalized spacial score (nSPS) is 31.5. The molecule has 2 N–H and O–H groups in total. The molecular formula is C17H24N2. The van der Waals surface area contributed by atoms with Gasteiger partial charge in [0.05, 0.1) is 0 Å². The van der Waals surface area contributed by atoms with Crippen molar-refractivity contribution >= 4 is 5.69 Å². The quantitative estimate of drug-likeness (QED) is 0.864. The van der Waals surface area contributed by atoms with Gasteiger partial charge in [0, 0.05) is 18.8 Å². The average Bonchev–Trinajstić information content (AvgIpc) is 3.14. The summed E-state index contributed by atoms with van der Waals surface area (Å²) < 4.78 is 0. The van der Waals surface area contributed by atoms with Gasteiger partial charge < -0.3 is 10.6 Å². The van der Waals surface area contributed by atoms with E-state index in [0.717, 1.165) is 30.8 Å². The fourth-order valence-electron chi connectivity index (χ4n) is 4.58. The summed E-state index contributed by atoms with van der Waals surface area (Å²) in [6.45, 7) is 3.37. The van der Waals surface area contributed by atoms with E-state index < -0.39 is 0 Å². The molecule has 0 spiro atoms. The number of benzene rings is 1. The number of anilines is 1. The predicted octanol–water partition coefficient (Wildman–Crippen LogP) is 3.18. The minimum atomic E-state index is 0.962. The largest absolute Gasteiger partial charge is 0.384 e. The Kier molecular flexibility index (Phi) is 2.99. The maximum Gasteiger partial charge on any atom is 0.0419 e. The summed E-state index contributed by atoms with van der Waals surface area (Å²) in [6.07, 6.45) is 7.21. The van der Waals surface area contributed by atoms with Crippen LogP contribution in [0.15, 0.2) is 18.2 Å². The lowest BCUT2D eigenvalue weighted by Gasteiger charge is -2.22. The van der Waals surface area contributed by atoms with Crippen molar-refractivity contribution in [1.29, 1.82) is 0 Å². The molecule has 1 aromatic rings. The van der Waals surface area contributed by atoms with Crippen molar-refractivity contribution in [2.45, 2.75) is 38.6 Å². The van der Waals surface area contributed by atoms with Gasteiger partial charge in [0.1, 0.15) is 0 Å². The summed E-state index contributed by atoms with van der Waals surface area (Å²) in [7, 11) is 0. The Hall–Kier alpha value is -1.02. The summed E-state index contributed by atoms with van der Waals surface area (Å²) in [5, 5.41) is 7.25. The Labute approximate surface area is 116 Å². The fourth-order valence-corrected chi connectivity index (χ4v) is 4.58. The van der Waals surface area contributed by atoms with E-state index in [1.165, 1.54) is 55.5 Å². The molecule has 1 heterocycles. The highest BCUT2D eigenvalue weighted by Crippen LogP contribution is 2.47. The van der Waals surface area contributed by atoms with Gasteiger partial charge in [-0.2, -0.15) is 0 Å². The number of hydrogen-bond donors (Lipinski definition) is 2. The molecule has 4 rings (SSSR count). The number of para-hydroxylation sites is 1. The highest BCUT2D eigenvalue weighted by Gasteiger charge is 2.38. The molecule has 1 aliphatic heterocycles. The molecule has 2 heteroatoms. The summed E-state index contributed by atoms with van der Waals surface area (Å²) in [5.74, 6) is 3.07. The van der Waals surface area contributed by atoms with E-state index in [2.05, 4.69) is 28.8 Å². The number of hydrogen-bond acceptors (Lipinski definition) is 2. The van der Waals surface area contributed by atoms with Crippen LogP contribution >= 0.6 is 0 Å². The van der Waals surface area contributed by atoms with E-state index in [4.69, 9.17) is 0 Å². The van der Waals surface area contributed by atoms with Crippen molar-refractivity contribution in [2.24, 2.45) is 17.8 Å². The van der Waals surface area contributed by atoms with Crippen LogP contribution < -0.4 is 10.6 Å². The number of rotatable bonds is 4. The first kappa shape index (κ1) is 11.8. The van der Waals surface area contributed by atoms with Gasteiger partial charge >= 0.3 is 0 Å². The van der Waals surface area contributed by atoms with Crippen LogP contribution in [0.2, 0.25) is 0 Å². The highest BCUT2D eigenvalue weighted by atomic mass is 14.9. The molecule has 3 atom stereocenters. The van der Waals surface area contributed by atoms with Crippen molar-refractivity contribution in [3.8, 4) is 0 Å². The maximum atomic E-state index is 3.72. The summed E-state index contributed by atoms with van der Waals surface area (Å²) >= 11 is 0. The predicted molar refractivity (Wildman–Crippen MR) is 79.3 cm³/mol. The van der Waals surface area contributed by atoms with Crippen molar-refractivity contribution in [3.05, 3.63) is 29.3 Å². The molecule has 2 nitrogen and oxygen atoms in total. The van der Waals surface area contributed by atoms with E-state index in [0.29, 0.717) is 0 Å². The molecule has 0 radical (unpaired) electrons. The first-order valence-corrected chi connectivity index (χ1v) is 7.95. The third-order valence-electron chi connectivity index (χ3n) is 5.54. The summed E-state index contributed by atoms with van der Waals surface area (Å²) in [5.41, 5.74) is 4.36. The van der Waals surface area contributed by atoms with E-state index in [1.54, 1.807) is 0 Å². The van der Waals surface area contributed by atoms with Crippen LogP contribution in [0.5, 0.6) is 0 Å². The molecular weight excluding hydrogens is 232 g/mol. The lowest BCUT2D eigenvalue weighted by Crippen LogP contribution is -2.26. The second-order valence-electron chi connectivity index (χ2n) is 6.69. The van der Waals surface area contributed by atoms with Gasteiger partial charge in [-0.15, -0.1) is 0 Å². The van der Waals surface area contributed by atoms with Gasteiger partial charge in [0.2, 0.25) is 0 Å². The van der Waals surface area contributed by atoms with Gasteiger partial charge in [-0.1, -0.05) is 24.6 Å². The number of fused-ring (bicyclic) bond motifs is 3. The Morgan fingerprint density at radius 2 is 2.21 bits per heavy atom. The first-order chi connectivity index (χ1) is 9.40. The van der Waals surface area contributed by atoms with Crippen LogP contribution in [0.4, 0.5) is 5.69 Å². The Balaban J connectivity index is 1.34. The summed E-state index contributed by atoms with van der Waals surface area (Å²) in [6, 6.07) is 6.74. The fraction of sp³-hybridized carbons (Fsp3) is 0.647. The van der Waals surface area contributed by atoms with Crippen LogP contribution in [-0.2, 0) is 13.0 Å². The van der Waals surface area contributed by atoms with Crippen molar-refractivity contribution < 1.29 is 0 Å². The average molecular weight is 256 g/mol. The van der Waals surface area contributed by atoms with Crippen LogP contribution in [0, 0.1) is 17.8 Å². The van der Waals surface area contributed by atoms with Gasteiger partial charge in [0.15, 0.2) is 0 Å². The molecule has 3 aliphatic rings. The lowest BCUT2D eigenvalue weighted by atomic mass is 9.89. The SMILES string of the molecule is c1cc2c(c(CNCC3CC4CCC3C4)c1)NCC2. The van der Waals surface area contributed by atoms with Gasteiger partial charge in [0.25, 0.3) is 0 Å². The molecule has 0 saturated heterocycles.